The van der Waals surface area contributed by atoms with E-state index in [1.165, 1.54) is 59.1 Å². The van der Waals surface area contributed by atoms with Gasteiger partial charge >= 0.3 is 0 Å². The first kappa shape index (κ1) is 28.3. The fourth-order valence-electron chi connectivity index (χ4n) is 7.97. The number of hydrogen-bond acceptors (Lipinski definition) is 3. The van der Waals surface area contributed by atoms with Gasteiger partial charge in [-0.15, -0.1) is 0 Å². The number of fused-ring (bicyclic) bond motifs is 10. The third kappa shape index (κ3) is 4.17. The van der Waals surface area contributed by atoms with Crippen molar-refractivity contribution in [2.75, 3.05) is 0 Å². The van der Waals surface area contributed by atoms with Gasteiger partial charge in [-0.3, -0.25) is 4.57 Å². The van der Waals surface area contributed by atoms with E-state index in [1.54, 1.807) is 0 Å². The topological polar surface area (TPSA) is 30.7 Å². The van der Waals surface area contributed by atoms with Gasteiger partial charge in [0.2, 0.25) is 5.95 Å². The van der Waals surface area contributed by atoms with Crippen LogP contribution in [0.1, 0.15) is 25.0 Å². The predicted molar refractivity (Wildman–Crippen MR) is 205 cm³/mol. The third-order valence-electron chi connectivity index (χ3n) is 10.2. The molecule has 7 aromatic carbocycles. The molecule has 4 heteroatoms. The van der Waals surface area contributed by atoms with Gasteiger partial charge < -0.3 is 0 Å². The Bertz CT molecular complexity index is 2760. The second kappa shape index (κ2) is 10.6. The molecule has 0 saturated carbocycles. The van der Waals surface area contributed by atoms with E-state index in [-0.39, 0.29) is 5.41 Å². The van der Waals surface area contributed by atoms with E-state index in [9.17, 15) is 0 Å². The zero-order valence-corrected chi connectivity index (χ0v) is 28.0. The van der Waals surface area contributed by atoms with Crippen LogP contribution in [-0.4, -0.2) is 14.5 Å². The minimum Gasteiger partial charge on any atom is -0.277 e. The third-order valence-corrected chi connectivity index (χ3v) is 11.4. The molecule has 3 heterocycles. The van der Waals surface area contributed by atoms with Crippen LogP contribution in [0.5, 0.6) is 0 Å². The van der Waals surface area contributed by atoms with Crippen LogP contribution in [0.25, 0.3) is 71.8 Å². The minimum absolute atomic E-state index is 0.206. The summed E-state index contributed by atoms with van der Waals surface area (Å²) in [4.78, 5) is 13.4. The van der Waals surface area contributed by atoms with Gasteiger partial charge in [-0.25, -0.2) is 9.97 Å². The number of hydrogen-bond donors (Lipinski definition) is 0. The quantitative estimate of drug-likeness (QED) is 0.192. The number of aromatic nitrogens is 3. The molecule has 49 heavy (non-hydrogen) atoms. The molecule has 0 radical (unpaired) electrons. The lowest BCUT2D eigenvalue weighted by molar-refractivity contribution is 0.615. The van der Waals surface area contributed by atoms with E-state index in [0.29, 0.717) is 5.95 Å². The molecule has 0 bridgehead atoms. The van der Waals surface area contributed by atoms with Crippen molar-refractivity contribution >= 4 is 55.2 Å². The molecule has 1 aliphatic rings. The fourth-order valence-corrected chi connectivity index (χ4v) is 9.52. The van der Waals surface area contributed by atoms with Crippen LogP contribution in [0.2, 0.25) is 0 Å². The highest BCUT2D eigenvalue weighted by atomic mass is 32.2. The Hall–Kier alpha value is -5.71. The van der Waals surface area contributed by atoms with Gasteiger partial charge in [0.05, 0.1) is 22.2 Å². The van der Waals surface area contributed by atoms with Crippen molar-refractivity contribution in [2.24, 2.45) is 0 Å². The second-order valence-corrected chi connectivity index (χ2v) is 14.4. The molecule has 0 atom stereocenters. The normalized spacial score (nSPS) is 13.6. The molecule has 232 valence electrons. The first-order valence-electron chi connectivity index (χ1n) is 16.8. The van der Waals surface area contributed by atoms with Gasteiger partial charge in [-0.2, -0.15) is 0 Å². The van der Waals surface area contributed by atoms with Crippen LogP contribution < -0.4 is 0 Å². The second-order valence-electron chi connectivity index (χ2n) is 13.4. The average Bonchev–Trinajstić information content (AvgIpc) is 3.51. The monoisotopic (exact) mass is 645 g/mol. The van der Waals surface area contributed by atoms with Crippen molar-refractivity contribution in [1.29, 1.82) is 0 Å². The molecule has 0 spiro atoms. The van der Waals surface area contributed by atoms with Crippen molar-refractivity contribution in [2.45, 2.75) is 29.1 Å². The van der Waals surface area contributed by atoms with Gasteiger partial charge in [-0.1, -0.05) is 159 Å². The molecule has 3 nitrogen and oxygen atoms in total. The van der Waals surface area contributed by atoms with Crippen LogP contribution in [0.15, 0.2) is 161 Å². The molecular formula is C45H31N3S. The Morgan fingerprint density at radius 2 is 1.14 bits per heavy atom. The number of benzene rings is 7. The molecule has 0 aliphatic carbocycles. The first-order valence-corrected chi connectivity index (χ1v) is 17.6. The zero-order chi connectivity index (χ0) is 32.7. The largest absolute Gasteiger partial charge is 0.277 e. The lowest BCUT2D eigenvalue weighted by atomic mass is 9.75. The van der Waals surface area contributed by atoms with Crippen molar-refractivity contribution in [3.05, 3.63) is 163 Å². The maximum absolute atomic E-state index is 5.47. The summed E-state index contributed by atoms with van der Waals surface area (Å²) in [6.45, 7) is 4.75. The molecular weight excluding hydrogens is 615 g/mol. The summed E-state index contributed by atoms with van der Waals surface area (Å²) in [5, 5.41) is 6.06. The van der Waals surface area contributed by atoms with E-state index >= 15 is 0 Å². The molecule has 0 N–H and O–H groups in total. The van der Waals surface area contributed by atoms with Crippen LogP contribution in [0.4, 0.5) is 0 Å². The Kier molecular flexibility index (Phi) is 6.15. The maximum Gasteiger partial charge on any atom is 0.235 e. The van der Waals surface area contributed by atoms with Crippen LogP contribution in [-0.2, 0) is 5.41 Å². The average molecular weight is 646 g/mol. The van der Waals surface area contributed by atoms with Crippen molar-refractivity contribution in [3.63, 3.8) is 0 Å². The maximum atomic E-state index is 5.47. The summed E-state index contributed by atoms with van der Waals surface area (Å²) >= 11 is 1.88. The summed E-state index contributed by atoms with van der Waals surface area (Å²) in [6.07, 6.45) is 0. The van der Waals surface area contributed by atoms with E-state index < -0.39 is 0 Å². The van der Waals surface area contributed by atoms with Crippen LogP contribution in [0.3, 0.4) is 0 Å². The highest BCUT2D eigenvalue weighted by molar-refractivity contribution is 7.99. The molecule has 0 fully saturated rings. The molecule has 2 aromatic heterocycles. The minimum atomic E-state index is -0.206. The molecule has 10 rings (SSSR count). The smallest absolute Gasteiger partial charge is 0.235 e. The number of nitrogens with zero attached hydrogens (tertiary/aromatic N) is 3. The summed E-state index contributed by atoms with van der Waals surface area (Å²) in [7, 11) is 0. The Morgan fingerprint density at radius 3 is 1.96 bits per heavy atom. The predicted octanol–water partition coefficient (Wildman–Crippen LogP) is 12.0. The molecule has 9 aromatic rings. The summed E-state index contributed by atoms with van der Waals surface area (Å²) in [5.41, 5.74) is 10.1. The van der Waals surface area contributed by atoms with Crippen LogP contribution in [0, 0.1) is 0 Å². The molecule has 0 amide bonds. The standard InChI is InChI=1S/C45H31N3S/c1-45(2)35-20-10-13-23-38(35)49-43-40(45)32-17-7-6-16-31(32)39-34-19-9-12-22-37(34)48(42(39)43)44-46-36-21-11-8-18-33(36)41(47-44)30-26-24-29(25-27-30)28-14-4-3-5-15-28/h3-27H,1-2H3. The van der Waals surface area contributed by atoms with E-state index in [2.05, 4.69) is 170 Å². The van der Waals surface area contributed by atoms with Gasteiger partial charge in [0, 0.05) is 36.9 Å². The fraction of sp³-hybridized carbons (Fsp3) is 0.0667. The van der Waals surface area contributed by atoms with Gasteiger partial charge in [0.25, 0.3) is 0 Å². The van der Waals surface area contributed by atoms with Crippen LogP contribution >= 0.6 is 11.8 Å². The van der Waals surface area contributed by atoms with E-state index in [0.717, 1.165) is 27.7 Å². The van der Waals surface area contributed by atoms with Crippen molar-refractivity contribution < 1.29 is 0 Å². The molecule has 0 saturated heterocycles. The van der Waals surface area contributed by atoms with Crippen molar-refractivity contribution in [3.8, 4) is 28.3 Å². The molecule has 0 unspecified atom stereocenters. The lowest BCUT2D eigenvalue weighted by Gasteiger charge is -2.36. The Morgan fingerprint density at radius 1 is 0.531 bits per heavy atom. The summed E-state index contributed by atoms with van der Waals surface area (Å²) in [6, 6.07) is 54.2. The number of rotatable bonds is 3. The SMILES string of the molecule is CC1(C)c2ccccc2Sc2c1c1ccccc1c1c3ccccc3n(-c3nc(-c4ccc(-c5ccccc5)cc4)c4ccccc4n3)c21. The highest BCUT2D eigenvalue weighted by Gasteiger charge is 2.37. The van der Waals surface area contributed by atoms with Gasteiger partial charge in [0.15, 0.2) is 0 Å². The highest BCUT2D eigenvalue weighted by Crippen LogP contribution is 2.55. The molecule has 1 aliphatic heterocycles. The summed E-state index contributed by atoms with van der Waals surface area (Å²) < 4.78 is 2.33. The number of para-hydroxylation sites is 2. The summed E-state index contributed by atoms with van der Waals surface area (Å²) in [5.74, 6) is 0.682. The van der Waals surface area contributed by atoms with Crippen molar-refractivity contribution in [1.82, 2.24) is 14.5 Å². The van der Waals surface area contributed by atoms with E-state index in [1.807, 2.05) is 11.8 Å². The Labute approximate surface area is 288 Å². The first-order chi connectivity index (χ1) is 24.1. The van der Waals surface area contributed by atoms with Gasteiger partial charge in [-0.05, 0) is 51.2 Å². The Balaban J connectivity index is 1.31. The lowest BCUT2D eigenvalue weighted by Crippen LogP contribution is -2.24. The zero-order valence-electron chi connectivity index (χ0n) is 27.2. The van der Waals surface area contributed by atoms with E-state index in [4.69, 9.17) is 9.97 Å². The van der Waals surface area contributed by atoms with Gasteiger partial charge in [0.1, 0.15) is 0 Å².